The number of nitrogens with zero attached hydrogens (tertiary/aromatic N) is 1. The Kier molecular flexibility index (Phi) is 4.02. The van der Waals surface area contributed by atoms with Gasteiger partial charge in [0.25, 0.3) is 0 Å². The number of hydrogen-bond acceptors (Lipinski definition) is 3. The minimum atomic E-state index is 0.571. The zero-order valence-electron chi connectivity index (χ0n) is 9.86. The summed E-state index contributed by atoms with van der Waals surface area (Å²) in [4.78, 5) is 12.9. The summed E-state index contributed by atoms with van der Waals surface area (Å²) in [5, 5.41) is 0.646. The molecule has 0 aromatic heterocycles. The van der Waals surface area contributed by atoms with Crippen LogP contribution in [0.3, 0.4) is 0 Å². The van der Waals surface area contributed by atoms with Crippen LogP contribution in [0.15, 0.2) is 18.2 Å². The van der Waals surface area contributed by atoms with Gasteiger partial charge in [-0.3, -0.25) is 4.79 Å². The standard InChI is InChI=1S/C13H16ClNO2/c1-17-9-11-4-5-15(7-11)13-3-2-10(8-16)6-12(13)14/h2-3,6,8,11H,4-5,7,9H2,1H3. The molecule has 1 aliphatic heterocycles. The summed E-state index contributed by atoms with van der Waals surface area (Å²) in [7, 11) is 1.73. The third kappa shape index (κ3) is 2.79. The topological polar surface area (TPSA) is 29.5 Å². The van der Waals surface area contributed by atoms with Gasteiger partial charge in [0.15, 0.2) is 0 Å². The molecular weight excluding hydrogens is 238 g/mol. The molecule has 4 heteroatoms. The van der Waals surface area contributed by atoms with E-state index in [0.29, 0.717) is 16.5 Å². The van der Waals surface area contributed by atoms with Gasteiger partial charge in [0.2, 0.25) is 0 Å². The van der Waals surface area contributed by atoms with Crippen LogP contribution in [0.2, 0.25) is 5.02 Å². The molecule has 1 saturated heterocycles. The number of anilines is 1. The zero-order valence-corrected chi connectivity index (χ0v) is 10.6. The van der Waals surface area contributed by atoms with Crippen molar-refractivity contribution in [3.63, 3.8) is 0 Å². The number of carbonyl (C=O) groups is 1. The molecule has 0 bridgehead atoms. The molecule has 1 unspecified atom stereocenters. The van der Waals surface area contributed by atoms with Crippen molar-refractivity contribution in [3.05, 3.63) is 28.8 Å². The van der Waals surface area contributed by atoms with Crippen LogP contribution in [-0.2, 0) is 4.74 Å². The number of benzene rings is 1. The minimum Gasteiger partial charge on any atom is -0.384 e. The lowest BCUT2D eigenvalue weighted by molar-refractivity contribution is 0.112. The zero-order chi connectivity index (χ0) is 12.3. The number of rotatable bonds is 4. The molecule has 0 spiro atoms. The monoisotopic (exact) mass is 253 g/mol. The molecule has 0 saturated carbocycles. The van der Waals surface area contributed by atoms with Crippen LogP contribution < -0.4 is 4.90 Å². The molecule has 1 fully saturated rings. The summed E-state index contributed by atoms with van der Waals surface area (Å²) in [5.41, 5.74) is 1.63. The number of halogens is 1. The van der Waals surface area contributed by atoms with Gasteiger partial charge in [-0.2, -0.15) is 0 Å². The summed E-state index contributed by atoms with van der Waals surface area (Å²) in [6, 6.07) is 5.44. The Morgan fingerprint density at radius 2 is 2.41 bits per heavy atom. The molecule has 0 amide bonds. The molecule has 1 aromatic carbocycles. The summed E-state index contributed by atoms with van der Waals surface area (Å²) >= 11 is 6.18. The van der Waals surface area contributed by atoms with Crippen molar-refractivity contribution in [1.29, 1.82) is 0 Å². The lowest BCUT2D eigenvalue weighted by atomic mass is 10.1. The van der Waals surface area contributed by atoms with Crippen molar-refractivity contribution in [2.75, 3.05) is 31.7 Å². The highest BCUT2D eigenvalue weighted by molar-refractivity contribution is 6.33. The molecule has 1 heterocycles. The van der Waals surface area contributed by atoms with E-state index in [1.807, 2.05) is 6.07 Å². The first-order valence-corrected chi connectivity index (χ1v) is 6.11. The number of hydrogen-bond donors (Lipinski definition) is 0. The van der Waals surface area contributed by atoms with Gasteiger partial charge < -0.3 is 9.64 Å². The summed E-state index contributed by atoms with van der Waals surface area (Å²) in [5.74, 6) is 0.571. The van der Waals surface area contributed by atoms with Gasteiger partial charge in [-0.1, -0.05) is 11.6 Å². The van der Waals surface area contributed by atoms with E-state index in [9.17, 15) is 4.79 Å². The SMILES string of the molecule is COCC1CCN(c2ccc(C=O)cc2Cl)C1. The third-order valence-electron chi connectivity index (χ3n) is 3.14. The smallest absolute Gasteiger partial charge is 0.150 e. The summed E-state index contributed by atoms with van der Waals surface area (Å²) in [6.07, 6.45) is 1.94. The number of carbonyl (C=O) groups excluding carboxylic acids is 1. The molecule has 0 N–H and O–H groups in total. The van der Waals surface area contributed by atoms with Gasteiger partial charge in [-0.25, -0.2) is 0 Å². The maximum atomic E-state index is 10.6. The van der Waals surface area contributed by atoms with Gasteiger partial charge in [0, 0.05) is 31.7 Å². The van der Waals surface area contributed by atoms with Gasteiger partial charge in [0.1, 0.15) is 6.29 Å². The predicted molar refractivity (Wildman–Crippen MR) is 69.0 cm³/mol. The van der Waals surface area contributed by atoms with Crippen LogP contribution in [0.1, 0.15) is 16.8 Å². The highest BCUT2D eigenvalue weighted by Crippen LogP contribution is 2.30. The molecule has 3 nitrogen and oxygen atoms in total. The largest absolute Gasteiger partial charge is 0.384 e. The Labute approximate surface area is 106 Å². The Balaban J connectivity index is 2.10. The fourth-order valence-electron chi connectivity index (χ4n) is 2.28. The Hall–Kier alpha value is -1.06. The van der Waals surface area contributed by atoms with Crippen LogP contribution in [0.5, 0.6) is 0 Å². The molecule has 92 valence electrons. The fraction of sp³-hybridized carbons (Fsp3) is 0.462. The highest BCUT2D eigenvalue weighted by atomic mass is 35.5. The molecular formula is C13H16ClNO2. The second kappa shape index (κ2) is 5.52. The van der Waals surface area contributed by atoms with Gasteiger partial charge in [-0.05, 0) is 24.6 Å². The molecule has 0 radical (unpaired) electrons. The van der Waals surface area contributed by atoms with E-state index in [4.69, 9.17) is 16.3 Å². The molecule has 0 aliphatic carbocycles. The number of methoxy groups -OCH3 is 1. The van der Waals surface area contributed by atoms with Crippen molar-refractivity contribution in [2.45, 2.75) is 6.42 Å². The minimum absolute atomic E-state index is 0.571. The Morgan fingerprint density at radius 1 is 1.59 bits per heavy atom. The van der Waals surface area contributed by atoms with Gasteiger partial charge >= 0.3 is 0 Å². The molecule has 2 rings (SSSR count). The molecule has 1 aromatic rings. The van der Waals surface area contributed by atoms with Gasteiger partial charge in [-0.15, -0.1) is 0 Å². The average Bonchev–Trinajstić information content (AvgIpc) is 2.78. The van der Waals surface area contributed by atoms with Crippen LogP contribution in [-0.4, -0.2) is 33.1 Å². The fourth-order valence-corrected chi connectivity index (χ4v) is 2.58. The van der Waals surface area contributed by atoms with Crippen molar-refractivity contribution in [3.8, 4) is 0 Å². The van der Waals surface area contributed by atoms with E-state index in [2.05, 4.69) is 4.90 Å². The highest BCUT2D eigenvalue weighted by Gasteiger charge is 2.23. The number of aldehydes is 1. The summed E-state index contributed by atoms with van der Waals surface area (Å²) < 4.78 is 5.17. The quantitative estimate of drug-likeness (QED) is 0.773. The predicted octanol–water partition coefficient (Wildman–Crippen LogP) is 2.63. The molecule has 17 heavy (non-hydrogen) atoms. The van der Waals surface area contributed by atoms with E-state index in [1.54, 1.807) is 19.2 Å². The van der Waals surface area contributed by atoms with E-state index in [0.717, 1.165) is 38.1 Å². The molecule has 1 aliphatic rings. The van der Waals surface area contributed by atoms with E-state index in [1.165, 1.54) is 0 Å². The first-order chi connectivity index (χ1) is 8.24. The van der Waals surface area contributed by atoms with Crippen LogP contribution in [0.25, 0.3) is 0 Å². The number of ether oxygens (including phenoxy) is 1. The average molecular weight is 254 g/mol. The first kappa shape index (κ1) is 12.4. The normalized spacial score (nSPS) is 19.6. The van der Waals surface area contributed by atoms with Crippen molar-refractivity contribution in [2.24, 2.45) is 5.92 Å². The van der Waals surface area contributed by atoms with Crippen molar-refractivity contribution >= 4 is 23.6 Å². The van der Waals surface area contributed by atoms with E-state index >= 15 is 0 Å². The molecule has 1 atom stereocenters. The maximum Gasteiger partial charge on any atom is 0.150 e. The van der Waals surface area contributed by atoms with E-state index < -0.39 is 0 Å². The first-order valence-electron chi connectivity index (χ1n) is 5.73. The third-order valence-corrected chi connectivity index (χ3v) is 3.44. The summed E-state index contributed by atoms with van der Waals surface area (Å²) in [6.45, 7) is 2.75. The van der Waals surface area contributed by atoms with Crippen LogP contribution >= 0.6 is 11.6 Å². The van der Waals surface area contributed by atoms with Crippen LogP contribution in [0, 0.1) is 5.92 Å². The lowest BCUT2D eigenvalue weighted by Crippen LogP contribution is -2.21. The van der Waals surface area contributed by atoms with Crippen molar-refractivity contribution in [1.82, 2.24) is 0 Å². The van der Waals surface area contributed by atoms with E-state index in [-0.39, 0.29) is 0 Å². The maximum absolute atomic E-state index is 10.6. The second-order valence-corrected chi connectivity index (χ2v) is 4.79. The lowest BCUT2D eigenvalue weighted by Gasteiger charge is -2.20. The van der Waals surface area contributed by atoms with Crippen LogP contribution in [0.4, 0.5) is 5.69 Å². The second-order valence-electron chi connectivity index (χ2n) is 4.38. The Bertz CT molecular complexity index is 408. The Morgan fingerprint density at radius 3 is 3.06 bits per heavy atom. The van der Waals surface area contributed by atoms with Crippen molar-refractivity contribution < 1.29 is 9.53 Å². The van der Waals surface area contributed by atoms with Gasteiger partial charge in [0.05, 0.1) is 17.3 Å².